The number of pyridine rings is 1. The van der Waals surface area contributed by atoms with Gasteiger partial charge in [-0.05, 0) is 44.4 Å². The van der Waals surface area contributed by atoms with Crippen LogP contribution in [0.4, 0.5) is 5.82 Å². The molecular formula is C15H23N3. The van der Waals surface area contributed by atoms with E-state index in [-0.39, 0.29) is 0 Å². The van der Waals surface area contributed by atoms with Crippen molar-refractivity contribution in [1.29, 1.82) is 0 Å². The molecule has 1 heterocycles. The summed E-state index contributed by atoms with van der Waals surface area (Å²) in [4.78, 5) is 6.85. The lowest BCUT2D eigenvalue weighted by molar-refractivity contribution is 0.686. The van der Waals surface area contributed by atoms with Crippen LogP contribution in [0.5, 0.6) is 0 Å². The van der Waals surface area contributed by atoms with E-state index in [9.17, 15) is 0 Å². The van der Waals surface area contributed by atoms with Crippen LogP contribution in [0.25, 0.3) is 0 Å². The molecule has 1 aliphatic rings. The average Bonchev–Trinajstić information content (AvgIpc) is 3.16. The Balaban J connectivity index is 2.10. The first-order chi connectivity index (χ1) is 8.72. The quantitative estimate of drug-likeness (QED) is 0.749. The Morgan fingerprint density at radius 3 is 2.89 bits per heavy atom. The van der Waals surface area contributed by atoms with Gasteiger partial charge in [-0.2, -0.15) is 0 Å². The minimum atomic E-state index is 0.748. The molecule has 1 N–H and O–H groups in total. The van der Waals surface area contributed by atoms with Gasteiger partial charge in [-0.1, -0.05) is 6.08 Å². The molecule has 1 saturated carbocycles. The van der Waals surface area contributed by atoms with Crippen molar-refractivity contribution >= 4 is 5.82 Å². The van der Waals surface area contributed by atoms with E-state index in [2.05, 4.69) is 47.8 Å². The summed E-state index contributed by atoms with van der Waals surface area (Å²) in [6.45, 7) is 10.8. The Morgan fingerprint density at radius 2 is 2.28 bits per heavy atom. The highest BCUT2D eigenvalue weighted by atomic mass is 15.2. The summed E-state index contributed by atoms with van der Waals surface area (Å²) in [5, 5.41) is 3.55. The third-order valence-corrected chi connectivity index (χ3v) is 3.23. The summed E-state index contributed by atoms with van der Waals surface area (Å²) in [6, 6.07) is 5.10. The average molecular weight is 245 g/mol. The van der Waals surface area contributed by atoms with Crippen LogP contribution in [-0.2, 0) is 6.54 Å². The smallest absolute Gasteiger partial charge is 0.129 e. The third-order valence-electron chi connectivity index (χ3n) is 3.23. The van der Waals surface area contributed by atoms with Crippen molar-refractivity contribution in [2.45, 2.75) is 39.3 Å². The minimum absolute atomic E-state index is 0.748. The van der Waals surface area contributed by atoms with Crippen molar-refractivity contribution in [2.75, 3.05) is 18.0 Å². The van der Waals surface area contributed by atoms with Gasteiger partial charge < -0.3 is 10.2 Å². The highest BCUT2D eigenvalue weighted by molar-refractivity contribution is 5.43. The normalized spacial score (nSPS) is 14.6. The van der Waals surface area contributed by atoms with E-state index in [0.717, 1.165) is 37.2 Å². The molecule has 0 unspecified atom stereocenters. The second kappa shape index (κ2) is 6.01. The number of hydrogen-bond donors (Lipinski definition) is 1. The van der Waals surface area contributed by atoms with Crippen LogP contribution in [0.1, 0.15) is 31.0 Å². The van der Waals surface area contributed by atoms with Crippen LogP contribution in [-0.4, -0.2) is 24.1 Å². The van der Waals surface area contributed by atoms with Crippen molar-refractivity contribution in [2.24, 2.45) is 0 Å². The van der Waals surface area contributed by atoms with Crippen molar-refractivity contribution < 1.29 is 0 Å². The number of rotatable bonds is 7. The predicted octanol–water partition coefficient (Wildman–Crippen LogP) is 2.65. The highest BCUT2D eigenvalue weighted by Gasteiger charge is 2.20. The van der Waals surface area contributed by atoms with Gasteiger partial charge in [0.25, 0.3) is 0 Å². The molecule has 0 atom stereocenters. The number of nitrogens with one attached hydrogen (secondary N) is 1. The molecular weight excluding hydrogens is 222 g/mol. The number of aryl methyl sites for hydroxylation is 1. The summed E-state index contributed by atoms with van der Waals surface area (Å²) in [5.41, 5.74) is 2.41. The summed E-state index contributed by atoms with van der Waals surface area (Å²) in [7, 11) is 0. The Morgan fingerprint density at radius 1 is 1.50 bits per heavy atom. The number of anilines is 1. The molecule has 0 bridgehead atoms. The van der Waals surface area contributed by atoms with Crippen LogP contribution in [0.3, 0.4) is 0 Å². The van der Waals surface area contributed by atoms with Gasteiger partial charge in [-0.3, -0.25) is 0 Å². The van der Waals surface area contributed by atoms with Gasteiger partial charge in [0.05, 0.1) is 0 Å². The Labute approximate surface area is 110 Å². The molecule has 0 aliphatic heterocycles. The lowest BCUT2D eigenvalue weighted by Gasteiger charge is -2.21. The van der Waals surface area contributed by atoms with E-state index in [1.807, 2.05) is 6.08 Å². The minimum Gasteiger partial charge on any atom is -0.353 e. The van der Waals surface area contributed by atoms with Gasteiger partial charge >= 0.3 is 0 Å². The monoisotopic (exact) mass is 245 g/mol. The topological polar surface area (TPSA) is 28.2 Å². The van der Waals surface area contributed by atoms with Crippen LogP contribution in [0.2, 0.25) is 0 Å². The molecule has 0 aromatic carbocycles. The second-order valence-corrected chi connectivity index (χ2v) is 4.96. The molecule has 98 valence electrons. The Kier molecular flexibility index (Phi) is 4.37. The first-order valence-corrected chi connectivity index (χ1v) is 6.79. The molecule has 0 radical (unpaired) electrons. The molecule has 18 heavy (non-hydrogen) atoms. The third kappa shape index (κ3) is 3.57. The first-order valence-electron chi connectivity index (χ1n) is 6.79. The van der Waals surface area contributed by atoms with Crippen molar-refractivity contribution in [3.63, 3.8) is 0 Å². The lowest BCUT2D eigenvalue weighted by Crippen LogP contribution is -2.24. The zero-order chi connectivity index (χ0) is 13.0. The molecule has 1 aromatic heterocycles. The van der Waals surface area contributed by atoms with Crippen molar-refractivity contribution in [1.82, 2.24) is 10.3 Å². The van der Waals surface area contributed by atoms with Gasteiger partial charge in [0.1, 0.15) is 5.82 Å². The van der Waals surface area contributed by atoms with E-state index in [4.69, 9.17) is 0 Å². The summed E-state index contributed by atoms with van der Waals surface area (Å²) in [5.74, 6) is 1.06. The van der Waals surface area contributed by atoms with Crippen molar-refractivity contribution in [3.8, 4) is 0 Å². The van der Waals surface area contributed by atoms with Gasteiger partial charge in [0, 0.05) is 31.4 Å². The van der Waals surface area contributed by atoms with Crippen LogP contribution >= 0.6 is 0 Å². The molecule has 1 aliphatic carbocycles. The van der Waals surface area contributed by atoms with E-state index in [1.54, 1.807) is 0 Å². The van der Waals surface area contributed by atoms with Gasteiger partial charge in [-0.15, -0.1) is 6.58 Å². The molecule has 1 fully saturated rings. The van der Waals surface area contributed by atoms with Crippen LogP contribution < -0.4 is 10.2 Å². The van der Waals surface area contributed by atoms with Gasteiger partial charge in [0.15, 0.2) is 0 Å². The van der Waals surface area contributed by atoms with E-state index in [0.29, 0.717) is 0 Å². The number of nitrogens with zero attached hydrogens (tertiary/aromatic N) is 2. The van der Waals surface area contributed by atoms with Crippen LogP contribution in [0.15, 0.2) is 24.8 Å². The maximum absolute atomic E-state index is 4.62. The Bertz CT molecular complexity index is 410. The maximum atomic E-state index is 4.62. The van der Waals surface area contributed by atoms with Crippen molar-refractivity contribution in [3.05, 3.63) is 36.0 Å². The molecule has 0 amide bonds. The molecule has 0 spiro atoms. The number of hydrogen-bond acceptors (Lipinski definition) is 3. The lowest BCUT2D eigenvalue weighted by atomic mass is 10.2. The fourth-order valence-electron chi connectivity index (χ4n) is 2.08. The SMILES string of the molecule is C=CCN(CC)c1cc(CNC2CC2)cc(C)n1. The van der Waals surface area contributed by atoms with Gasteiger partial charge in [-0.25, -0.2) is 4.98 Å². The molecule has 3 heteroatoms. The first kappa shape index (κ1) is 13.1. The summed E-state index contributed by atoms with van der Waals surface area (Å²) in [6.07, 6.45) is 4.58. The standard InChI is InChI=1S/C15H23N3/c1-4-8-18(5-2)15-10-13(9-12(3)17-15)11-16-14-6-7-14/h4,9-10,14,16H,1,5-8,11H2,2-3H3. The maximum Gasteiger partial charge on any atom is 0.129 e. The largest absolute Gasteiger partial charge is 0.353 e. The van der Waals surface area contributed by atoms with Gasteiger partial charge in [0.2, 0.25) is 0 Å². The summed E-state index contributed by atoms with van der Waals surface area (Å²) < 4.78 is 0. The molecule has 3 nitrogen and oxygen atoms in total. The van der Waals surface area contributed by atoms with Crippen LogP contribution in [0, 0.1) is 6.92 Å². The predicted molar refractivity (Wildman–Crippen MR) is 76.9 cm³/mol. The number of aromatic nitrogens is 1. The van der Waals surface area contributed by atoms with E-state index in [1.165, 1.54) is 18.4 Å². The summed E-state index contributed by atoms with van der Waals surface area (Å²) >= 11 is 0. The molecule has 1 aromatic rings. The van der Waals surface area contributed by atoms with E-state index >= 15 is 0 Å². The zero-order valence-corrected chi connectivity index (χ0v) is 11.4. The molecule has 0 saturated heterocycles. The second-order valence-electron chi connectivity index (χ2n) is 4.96. The molecule has 2 rings (SSSR count). The van der Waals surface area contributed by atoms with E-state index < -0.39 is 0 Å². The Hall–Kier alpha value is -1.35. The zero-order valence-electron chi connectivity index (χ0n) is 11.4. The fraction of sp³-hybridized carbons (Fsp3) is 0.533. The fourth-order valence-corrected chi connectivity index (χ4v) is 2.08. The highest BCUT2D eigenvalue weighted by Crippen LogP contribution is 2.20. The number of likely N-dealkylation sites (N-methyl/N-ethyl adjacent to an activating group) is 1.